The maximum absolute atomic E-state index is 6.32. The summed E-state index contributed by atoms with van der Waals surface area (Å²) in [7, 11) is 0. The molecule has 112 valence electrons. The molecule has 1 fully saturated rings. The minimum Gasteiger partial charge on any atom is -0.354 e. The van der Waals surface area contributed by atoms with Crippen molar-refractivity contribution in [2.45, 2.75) is 71.8 Å². The van der Waals surface area contributed by atoms with Gasteiger partial charge in [-0.3, -0.25) is 0 Å². The first kappa shape index (κ1) is 15.6. The predicted octanol–water partition coefficient (Wildman–Crippen LogP) is 4.72. The van der Waals surface area contributed by atoms with Crippen LogP contribution in [0.3, 0.4) is 0 Å². The maximum atomic E-state index is 6.32. The van der Waals surface area contributed by atoms with Crippen molar-refractivity contribution in [3.8, 4) is 0 Å². The predicted molar refractivity (Wildman–Crippen MR) is 85.8 cm³/mol. The highest BCUT2D eigenvalue weighted by Gasteiger charge is 2.29. The smallest absolute Gasteiger partial charge is 0.137 e. The number of hydrogen-bond acceptors (Lipinski definition) is 3. The molecule has 1 aliphatic rings. The first-order chi connectivity index (χ1) is 9.54. The van der Waals surface area contributed by atoms with E-state index in [1.54, 1.807) is 0 Å². The van der Waals surface area contributed by atoms with Gasteiger partial charge in [0.25, 0.3) is 0 Å². The molecule has 0 amide bonds. The number of aromatic nitrogens is 2. The molecule has 1 saturated carbocycles. The third-order valence-electron chi connectivity index (χ3n) is 3.92. The molecule has 0 N–H and O–H groups in total. The van der Waals surface area contributed by atoms with Crippen LogP contribution in [0, 0.1) is 6.92 Å². The number of anilines is 1. The fourth-order valence-electron chi connectivity index (χ4n) is 2.44. The molecule has 0 aromatic carbocycles. The van der Waals surface area contributed by atoms with Crippen LogP contribution in [-0.4, -0.2) is 22.6 Å². The van der Waals surface area contributed by atoms with Gasteiger partial charge < -0.3 is 4.90 Å². The Balaban J connectivity index is 2.26. The molecule has 0 aliphatic heterocycles. The van der Waals surface area contributed by atoms with Crippen LogP contribution in [0.5, 0.6) is 0 Å². The van der Waals surface area contributed by atoms with E-state index in [1.807, 2.05) is 6.92 Å². The lowest BCUT2D eigenvalue weighted by Gasteiger charge is -2.29. The molecule has 0 unspecified atom stereocenters. The SMILES string of the molecule is CCCCCN(c1nc(C2CC2)nc(Cl)c1C)C(C)C. The lowest BCUT2D eigenvalue weighted by atomic mass is 10.2. The van der Waals surface area contributed by atoms with Gasteiger partial charge in [0.1, 0.15) is 16.8 Å². The monoisotopic (exact) mass is 295 g/mol. The number of nitrogens with zero attached hydrogens (tertiary/aromatic N) is 3. The third kappa shape index (κ3) is 3.63. The number of halogens is 1. The van der Waals surface area contributed by atoms with Crippen LogP contribution in [0.1, 0.15) is 70.2 Å². The standard InChI is InChI=1S/C16H26ClN3/c1-5-6-7-10-20(11(2)3)16-12(4)14(17)18-15(19-16)13-8-9-13/h11,13H,5-10H2,1-4H3. The van der Waals surface area contributed by atoms with E-state index in [0.717, 1.165) is 23.8 Å². The van der Waals surface area contributed by atoms with Gasteiger partial charge in [-0.05, 0) is 40.0 Å². The van der Waals surface area contributed by atoms with Gasteiger partial charge in [0.2, 0.25) is 0 Å². The molecule has 1 heterocycles. The molecular weight excluding hydrogens is 270 g/mol. The molecule has 3 nitrogen and oxygen atoms in total. The third-order valence-corrected chi connectivity index (χ3v) is 4.29. The van der Waals surface area contributed by atoms with E-state index in [0.29, 0.717) is 17.1 Å². The maximum Gasteiger partial charge on any atom is 0.137 e. The summed E-state index contributed by atoms with van der Waals surface area (Å²) in [6, 6.07) is 0.434. The van der Waals surface area contributed by atoms with Crippen LogP contribution in [0.15, 0.2) is 0 Å². The quantitative estimate of drug-likeness (QED) is 0.538. The average Bonchev–Trinajstić information content (AvgIpc) is 3.22. The minimum atomic E-state index is 0.434. The zero-order chi connectivity index (χ0) is 14.7. The fraction of sp³-hybridized carbons (Fsp3) is 0.750. The van der Waals surface area contributed by atoms with E-state index < -0.39 is 0 Å². The van der Waals surface area contributed by atoms with Crippen molar-refractivity contribution < 1.29 is 0 Å². The highest BCUT2D eigenvalue weighted by molar-refractivity contribution is 6.30. The first-order valence-corrected chi connectivity index (χ1v) is 8.23. The molecule has 1 aromatic rings. The van der Waals surface area contributed by atoms with Crippen LogP contribution in [0.4, 0.5) is 5.82 Å². The van der Waals surface area contributed by atoms with Crippen LogP contribution in [-0.2, 0) is 0 Å². The van der Waals surface area contributed by atoms with E-state index in [-0.39, 0.29) is 0 Å². The summed E-state index contributed by atoms with van der Waals surface area (Å²) < 4.78 is 0. The Kier molecular flexibility index (Phi) is 5.25. The zero-order valence-corrected chi connectivity index (χ0v) is 13.9. The number of rotatable bonds is 7. The normalized spacial score (nSPS) is 14.9. The zero-order valence-electron chi connectivity index (χ0n) is 13.1. The van der Waals surface area contributed by atoms with Gasteiger partial charge in [-0.2, -0.15) is 0 Å². The molecule has 1 aliphatic carbocycles. The van der Waals surface area contributed by atoms with E-state index in [1.165, 1.54) is 32.1 Å². The van der Waals surface area contributed by atoms with E-state index in [9.17, 15) is 0 Å². The summed E-state index contributed by atoms with van der Waals surface area (Å²) in [5, 5.41) is 0.623. The Hall–Kier alpha value is -0.830. The molecule has 1 aromatic heterocycles. The second kappa shape index (κ2) is 6.75. The highest BCUT2D eigenvalue weighted by atomic mass is 35.5. The van der Waals surface area contributed by atoms with Crippen molar-refractivity contribution in [2.24, 2.45) is 0 Å². The minimum absolute atomic E-state index is 0.434. The Labute approximate surface area is 127 Å². The molecule has 4 heteroatoms. The molecular formula is C16H26ClN3. The van der Waals surface area contributed by atoms with Crippen molar-refractivity contribution in [2.75, 3.05) is 11.4 Å². The number of hydrogen-bond donors (Lipinski definition) is 0. The van der Waals surface area contributed by atoms with E-state index in [2.05, 4.69) is 30.7 Å². The van der Waals surface area contributed by atoms with Gasteiger partial charge in [-0.25, -0.2) is 9.97 Å². The molecule has 0 spiro atoms. The number of unbranched alkanes of at least 4 members (excludes halogenated alkanes) is 2. The summed E-state index contributed by atoms with van der Waals surface area (Å²) in [4.78, 5) is 11.7. The summed E-state index contributed by atoms with van der Waals surface area (Å²) in [6.07, 6.45) is 6.11. The Morgan fingerprint density at radius 3 is 2.50 bits per heavy atom. The lowest BCUT2D eigenvalue weighted by Crippen LogP contribution is -2.33. The second-order valence-electron chi connectivity index (χ2n) is 6.09. The van der Waals surface area contributed by atoms with Crippen molar-refractivity contribution in [1.82, 2.24) is 9.97 Å². The van der Waals surface area contributed by atoms with Gasteiger partial charge in [-0.1, -0.05) is 31.4 Å². The summed E-state index contributed by atoms with van der Waals surface area (Å²) in [6.45, 7) is 9.75. The van der Waals surface area contributed by atoms with Crippen molar-refractivity contribution in [3.05, 3.63) is 16.5 Å². The largest absolute Gasteiger partial charge is 0.354 e. The van der Waals surface area contributed by atoms with Crippen molar-refractivity contribution >= 4 is 17.4 Å². The Morgan fingerprint density at radius 2 is 1.95 bits per heavy atom. The van der Waals surface area contributed by atoms with Gasteiger partial charge in [0.05, 0.1) is 0 Å². The topological polar surface area (TPSA) is 29.0 Å². The van der Waals surface area contributed by atoms with Crippen LogP contribution in [0.2, 0.25) is 5.15 Å². The average molecular weight is 296 g/mol. The van der Waals surface area contributed by atoms with Crippen LogP contribution >= 0.6 is 11.6 Å². The lowest BCUT2D eigenvalue weighted by molar-refractivity contribution is 0.615. The second-order valence-corrected chi connectivity index (χ2v) is 6.45. The van der Waals surface area contributed by atoms with Gasteiger partial charge in [0.15, 0.2) is 0 Å². The van der Waals surface area contributed by atoms with Crippen molar-refractivity contribution in [3.63, 3.8) is 0 Å². The van der Waals surface area contributed by atoms with E-state index in [4.69, 9.17) is 16.6 Å². The Bertz CT molecular complexity index is 455. The van der Waals surface area contributed by atoms with Crippen molar-refractivity contribution in [1.29, 1.82) is 0 Å². The van der Waals surface area contributed by atoms with Crippen LogP contribution in [0.25, 0.3) is 0 Å². The summed E-state index contributed by atoms with van der Waals surface area (Å²) in [5.41, 5.74) is 1.02. The Morgan fingerprint density at radius 1 is 1.25 bits per heavy atom. The molecule has 0 bridgehead atoms. The molecule has 0 radical (unpaired) electrons. The highest BCUT2D eigenvalue weighted by Crippen LogP contribution is 2.40. The first-order valence-electron chi connectivity index (χ1n) is 7.85. The van der Waals surface area contributed by atoms with Gasteiger partial charge >= 0.3 is 0 Å². The van der Waals surface area contributed by atoms with Gasteiger partial charge in [-0.15, -0.1) is 0 Å². The molecule has 0 atom stereocenters. The van der Waals surface area contributed by atoms with E-state index >= 15 is 0 Å². The molecule has 20 heavy (non-hydrogen) atoms. The summed E-state index contributed by atoms with van der Waals surface area (Å²) in [5.74, 6) is 2.52. The summed E-state index contributed by atoms with van der Waals surface area (Å²) >= 11 is 6.32. The van der Waals surface area contributed by atoms with Crippen LogP contribution < -0.4 is 4.90 Å². The van der Waals surface area contributed by atoms with Gasteiger partial charge in [0, 0.05) is 24.1 Å². The molecule has 0 saturated heterocycles. The fourth-order valence-corrected chi connectivity index (χ4v) is 2.61. The molecule has 2 rings (SSSR count).